The molecule has 2 rings (SSSR count). The van der Waals surface area contributed by atoms with Crippen molar-refractivity contribution < 1.29 is 41.5 Å². The summed E-state index contributed by atoms with van der Waals surface area (Å²) in [5, 5.41) is 26.8. The number of nitrogens with zero attached hydrogens (tertiary/aromatic N) is 1. The van der Waals surface area contributed by atoms with Gasteiger partial charge in [-0.1, -0.05) is 23.2 Å². The van der Waals surface area contributed by atoms with Crippen molar-refractivity contribution >= 4 is 34.6 Å². The second-order valence-corrected chi connectivity index (χ2v) is 5.78. The summed E-state index contributed by atoms with van der Waals surface area (Å²) < 4.78 is 73.1. The van der Waals surface area contributed by atoms with E-state index >= 15 is 0 Å². The van der Waals surface area contributed by atoms with E-state index in [1.807, 2.05) is 0 Å². The van der Waals surface area contributed by atoms with Crippen molar-refractivity contribution in [3.8, 4) is 11.5 Å². The van der Waals surface area contributed by atoms with Gasteiger partial charge in [-0.3, -0.25) is 10.1 Å². The molecule has 0 unspecified atom stereocenters. The van der Waals surface area contributed by atoms with Gasteiger partial charge >= 0.3 is 18.0 Å². The Morgan fingerprint density at radius 2 is 1.25 bits per heavy atom. The molecule has 2 aromatic carbocycles. The average molecular weight is 453 g/mol. The minimum absolute atomic E-state index is 0.192. The summed E-state index contributed by atoms with van der Waals surface area (Å²) in [6.07, 6.45) is -9.35. The van der Waals surface area contributed by atoms with E-state index in [1.165, 1.54) is 0 Å². The molecule has 0 aliphatic rings. The topological polar surface area (TPSA) is 110 Å². The van der Waals surface area contributed by atoms with Crippen molar-refractivity contribution in [2.45, 2.75) is 12.4 Å². The van der Waals surface area contributed by atoms with E-state index in [0.29, 0.717) is 12.1 Å². The molecule has 6 nitrogen and oxygen atoms in total. The van der Waals surface area contributed by atoms with E-state index in [1.54, 1.807) is 0 Å². The molecule has 0 aliphatic carbocycles. The van der Waals surface area contributed by atoms with Crippen LogP contribution in [0.3, 0.4) is 0 Å². The van der Waals surface area contributed by atoms with Crippen molar-refractivity contribution in [1.82, 2.24) is 0 Å². The van der Waals surface area contributed by atoms with Crippen LogP contribution >= 0.6 is 23.2 Å². The van der Waals surface area contributed by atoms with E-state index in [4.69, 9.17) is 39.1 Å². The maximum atomic E-state index is 12.2. The van der Waals surface area contributed by atoms with Gasteiger partial charge in [0, 0.05) is 18.2 Å². The number of aromatic hydroxyl groups is 2. The Morgan fingerprint density at radius 1 is 0.857 bits per heavy atom. The van der Waals surface area contributed by atoms with Crippen LogP contribution in [0, 0.1) is 10.1 Å². The van der Waals surface area contributed by atoms with Crippen molar-refractivity contribution in [1.29, 1.82) is 0 Å². The predicted molar refractivity (Wildman–Crippen MR) is 87.3 cm³/mol. The highest BCUT2D eigenvalue weighted by Crippen LogP contribution is 2.41. The first-order valence-electron chi connectivity index (χ1n) is 6.65. The largest absolute Gasteiger partial charge is 0.506 e. The van der Waals surface area contributed by atoms with Gasteiger partial charge in [-0.25, -0.2) is 0 Å². The summed E-state index contributed by atoms with van der Waals surface area (Å²) >= 11 is 10.4. The van der Waals surface area contributed by atoms with Crippen LogP contribution in [0.1, 0.15) is 11.1 Å². The maximum absolute atomic E-state index is 12.2. The number of nitro benzene ring substituents is 1. The first kappa shape index (κ1) is 23.4. The van der Waals surface area contributed by atoms with E-state index in [-0.39, 0.29) is 11.8 Å². The Kier molecular flexibility index (Phi) is 6.85. The lowest BCUT2D eigenvalue weighted by atomic mass is 10.2. The molecule has 154 valence electrons. The summed E-state index contributed by atoms with van der Waals surface area (Å²) in [4.78, 5) is 9.12. The van der Waals surface area contributed by atoms with Gasteiger partial charge in [-0.2, -0.15) is 26.3 Å². The molecule has 0 aromatic heterocycles. The zero-order valence-electron chi connectivity index (χ0n) is 13.1. The Labute approximate surface area is 161 Å². The fourth-order valence-corrected chi connectivity index (χ4v) is 2.24. The SMILES string of the molecule is Nc1cc(C(F)(F)F)c(Cl)cc1O.O=[N+]([O-])c1cc(C(F)(F)F)c(Cl)cc1O. The zero-order chi connectivity index (χ0) is 22.0. The minimum atomic E-state index is -4.80. The highest BCUT2D eigenvalue weighted by atomic mass is 35.5. The number of nitrogen functional groups attached to an aromatic ring is 1. The molecule has 0 aliphatic heterocycles. The van der Waals surface area contributed by atoms with E-state index < -0.39 is 55.6 Å². The first-order valence-corrected chi connectivity index (χ1v) is 7.40. The fourth-order valence-electron chi connectivity index (χ4n) is 1.71. The number of phenolic OH excluding ortho intramolecular Hbond substituents is 2. The second kappa shape index (κ2) is 8.19. The second-order valence-electron chi connectivity index (χ2n) is 4.96. The standard InChI is InChI=1S/C7H3ClF3NO3.C7H5ClF3NO/c8-4-2-6(13)5(12(14)15)1-3(4)7(9,10)11;8-4-2-6(13)5(12)1-3(4)7(9,10)11/h1-2,13H;1-2,13H,12H2. The molecule has 0 atom stereocenters. The summed E-state index contributed by atoms with van der Waals surface area (Å²) in [7, 11) is 0. The number of nitrogens with two attached hydrogens (primary N) is 1. The Balaban J connectivity index is 0.000000283. The normalized spacial score (nSPS) is 11.6. The van der Waals surface area contributed by atoms with Gasteiger partial charge in [-0.15, -0.1) is 0 Å². The third-order valence-electron chi connectivity index (χ3n) is 2.99. The molecule has 14 heteroatoms. The van der Waals surface area contributed by atoms with Crippen LogP contribution in [-0.2, 0) is 12.4 Å². The lowest BCUT2D eigenvalue weighted by Crippen LogP contribution is -2.06. The van der Waals surface area contributed by atoms with Crippen LogP contribution in [0.5, 0.6) is 11.5 Å². The number of phenols is 2. The van der Waals surface area contributed by atoms with E-state index in [9.17, 15) is 36.5 Å². The molecule has 0 bridgehead atoms. The molecule has 4 N–H and O–H groups in total. The molecule has 0 radical (unpaired) electrons. The number of anilines is 1. The van der Waals surface area contributed by atoms with Crippen LogP contribution in [0.4, 0.5) is 37.7 Å². The van der Waals surface area contributed by atoms with Crippen LogP contribution in [0.15, 0.2) is 24.3 Å². The lowest BCUT2D eigenvalue weighted by Gasteiger charge is -2.10. The van der Waals surface area contributed by atoms with Crippen LogP contribution < -0.4 is 5.73 Å². The first-order chi connectivity index (χ1) is 12.6. The number of nitro groups is 1. The average Bonchev–Trinajstić information content (AvgIpc) is 2.48. The highest BCUT2D eigenvalue weighted by molar-refractivity contribution is 6.32. The fraction of sp³-hybridized carbons (Fsp3) is 0.143. The van der Waals surface area contributed by atoms with E-state index in [0.717, 1.165) is 6.07 Å². The monoisotopic (exact) mass is 452 g/mol. The van der Waals surface area contributed by atoms with Crippen LogP contribution in [0.2, 0.25) is 10.0 Å². The van der Waals surface area contributed by atoms with Crippen LogP contribution in [0.25, 0.3) is 0 Å². The summed E-state index contributed by atoms with van der Waals surface area (Å²) in [6, 6.07) is 2.04. The number of rotatable bonds is 1. The van der Waals surface area contributed by atoms with Crippen molar-refractivity contribution in [3.05, 3.63) is 55.6 Å². The maximum Gasteiger partial charge on any atom is 0.418 e. The molecule has 0 fully saturated rings. The van der Waals surface area contributed by atoms with Crippen molar-refractivity contribution in [2.24, 2.45) is 0 Å². The zero-order valence-corrected chi connectivity index (χ0v) is 14.6. The highest BCUT2D eigenvalue weighted by Gasteiger charge is 2.36. The van der Waals surface area contributed by atoms with Gasteiger partial charge in [0.2, 0.25) is 0 Å². The molecular weight excluding hydrogens is 445 g/mol. The number of hydrogen-bond donors (Lipinski definition) is 3. The van der Waals surface area contributed by atoms with Gasteiger partial charge < -0.3 is 15.9 Å². The third kappa shape index (κ3) is 5.70. The number of halogens is 8. The van der Waals surface area contributed by atoms with Crippen molar-refractivity contribution in [2.75, 3.05) is 5.73 Å². The smallest absolute Gasteiger partial charge is 0.418 e. The molecular formula is C14H8Cl2F6N2O4. The molecule has 0 amide bonds. The summed E-state index contributed by atoms with van der Waals surface area (Å²) in [5.74, 6) is -1.36. The number of benzene rings is 2. The Hall–Kier alpha value is -2.60. The van der Waals surface area contributed by atoms with Gasteiger partial charge in [0.15, 0.2) is 5.75 Å². The van der Waals surface area contributed by atoms with Crippen molar-refractivity contribution in [3.63, 3.8) is 0 Å². The molecule has 0 saturated carbocycles. The van der Waals surface area contributed by atoms with Gasteiger partial charge in [0.1, 0.15) is 5.75 Å². The molecule has 0 heterocycles. The quantitative estimate of drug-likeness (QED) is 0.171. The number of hydrogen-bond acceptors (Lipinski definition) is 5. The Bertz CT molecular complexity index is 903. The molecule has 0 spiro atoms. The van der Waals surface area contributed by atoms with Gasteiger partial charge in [0.05, 0.1) is 31.8 Å². The molecule has 2 aromatic rings. The Morgan fingerprint density at radius 3 is 1.64 bits per heavy atom. The van der Waals surface area contributed by atoms with Crippen LogP contribution in [-0.4, -0.2) is 15.1 Å². The van der Waals surface area contributed by atoms with Gasteiger partial charge in [0.25, 0.3) is 0 Å². The number of alkyl halides is 6. The summed E-state index contributed by atoms with van der Waals surface area (Å²) in [6.45, 7) is 0. The van der Waals surface area contributed by atoms with Gasteiger partial charge in [-0.05, 0) is 6.07 Å². The predicted octanol–water partition coefficient (Wildman–Crippen LogP) is 5.62. The molecule has 28 heavy (non-hydrogen) atoms. The molecule has 0 saturated heterocycles. The summed E-state index contributed by atoms with van der Waals surface area (Å²) in [5.41, 5.74) is 1.29. The lowest BCUT2D eigenvalue weighted by molar-refractivity contribution is -0.386. The van der Waals surface area contributed by atoms with E-state index in [2.05, 4.69) is 0 Å². The third-order valence-corrected chi connectivity index (χ3v) is 3.61. The minimum Gasteiger partial charge on any atom is -0.506 e.